The van der Waals surface area contributed by atoms with Crippen LogP contribution in [-0.4, -0.2) is 98.7 Å². The zero-order valence-electron chi connectivity index (χ0n) is 26.5. The summed E-state index contributed by atoms with van der Waals surface area (Å²) in [5.74, 6) is -4.62. The molecule has 0 saturated carbocycles. The average molecular weight is 657 g/mol. The van der Waals surface area contributed by atoms with Crippen molar-refractivity contribution in [2.75, 3.05) is 13.7 Å². The van der Waals surface area contributed by atoms with Crippen molar-refractivity contribution in [3.63, 3.8) is 0 Å². The van der Waals surface area contributed by atoms with Crippen LogP contribution in [0.1, 0.15) is 89.1 Å². The fraction of sp³-hybridized carbons (Fsp3) is 0.515. The molecular formula is C33H40N2O12. The van der Waals surface area contributed by atoms with Gasteiger partial charge in [0.15, 0.2) is 17.9 Å². The maximum absolute atomic E-state index is 13.8. The largest absolute Gasteiger partial charge is 0.507 e. The van der Waals surface area contributed by atoms with Gasteiger partial charge in [0.05, 0.1) is 48.1 Å². The molecule has 1 fully saturated rings. The van der Waals surface area contributed by atoms with Crippen molar-refractivity contribution in [2.45, 2.75) is 88.7 Å². The van der Waals surface area contributed by atoms with Gasteiger partial charge in [0, 0.05) is 36.0 Å². The van der Waals surface area contributed by atoms with Gasteiger partial charge in [0.1, 0.15) is 35.6 Å². The number of phenols is 2. The lowest BCUT2D eigenvalue weighted by molar-refractivity contribution is -0.249. The van der Waals surface area contributed by atoms with Crippen molar-refractivity contribution in [3.8, 4) is 17.2 Å². The first-order valence-corrected chi connectivity index (χ1v) is 15.5. The molecule has 1 aliphatic heterocycles. The van der Waals surface area contributed by atoms with Crippen molar-refractivity contribution in [1.29, 1.82) is 0 Å². The second-order valence-electron chi connectivity index (χ2n) is 12.5. The number of methoxy groups -OCH3 is 1. The van der Waals surface area contributed by atoms with Crippen molar-refractivity contribution in [1.82, 2.24) is 5.32 Å². The molecule has 2 aromatic rings. The number of ether oxygens (including phenoxy) is 3. The number of hydrogen-bond donors (Lipinski definition) is 7. The molecule has 0 aromatic heterocycles. The Morgan fingerprint density at radius 3 is 2.47 bits per heavy atom. The highest BCUT2D eigenvalue weighted by molar-refractivity contribution is 6.31. The van der Waals surface area contributed by atoms with E-state index in [2.05, 4.69) is 5.32 Å². The molecule has 0 bridgehead atoms. The third kappa shape index (κ3) is 5.79. The van der Waals surface area contributed by atoms with Crippen molar-refractivity contribution in [3.05, 3.63) is 51.6 Å². The number of amides is 1. The molecule has 14 nitrogen and oxygen atoms in total. The van der Waals surface area contributed by atoms with Gasteiger partial charge in [0.2, 0.25) is 11.7 Å². The molecule has 1 saturated heterocycles. The molecule has 3 aliphatic rings. The lowest BCUT2D eigenvalue weighted by Crippen LogP contribution is -2.58. The molecule has 1 amide bonds. The molecule has 5 rings (SSSR count). The Labute approximate surface area is 270 Å². The number of aliphatic hydroxyl groups excluding tert-OH is 2. The summed E-state index contributed by atoms with van der Waals surface area (Å²) in [6.45, 7) is 4.20. The van der Waals surface area contributed by atoms with Crippen LogP contribution < -0.4 is 15.8 Å². The third-order valence-corrected chi connectivity index (χ3v) is 9.65. The van der Waals surface area contributed by atoms with Crippen LogP contribution in [0, 0.1) is 5.92 Å². The monoisotopic (exact) mass is 656 g/mol. The van der Waals surface area contributed by atoms with Gasteiger partial charge in [-0.15, -0.1) is 0 Å². The average Bonchev–Trinajstić information content (AvgIpc) is 3.05. The van der Waals surface area contributed by atoms with Crippen LogP contribution in [0.15, 0.2) is 18.2 Å². The minimum atomic E-state index is -2.32. The summed E-state index contributed by atoms with van der Waals surface area (Å²) in [4.78, 5) is 53.2. The van der Waals surface area contributed by atoms with E-state index in [1.165, 1.54) is 25.3 Å². The summed E-state index contributed by atoms with van der Waals surface area (Å²) in [5, 5.41) is 57.9. The van der Waals surface area contributed by atoms with Gasteiger partial charge < -0.3 is 50.8 Å². The highest BCUT2D eigenvalue weighted by Crippen LogP contribution is 2.52. The van der Waals surface area contributed by atoms with Crippen LogP contribution in [0.4, 0.5) is 0 Å². The Balaban J connectivity index is 1.57. The maximum atomic E-state index is 13.8. The number of nitrogens with one attached hydrogen (secondary N) is 1. The number of nitrogens with two attached hydrogens (primary N) is 1. The summed E-state index contributed by atoms with van der Waals surface area (Å²) in [5.41, 5.74) is 2.15. The normalized spacial score (nSPS) is 28.0. The van der Waals surface area contributed by atoms with Gasteiger partial charge in [-0.25, -0.2) is 0 Å². The van der Waals surface area contributed by atoms with Crippen LogP contribution in [0.2, 0.25) is 0 Å². The molecule has 2 aliphatic carbocycles. The summed E-state index contributed by atoms with van der Waals surface area (Å²) >= 11 is 0. The smallest absolute Gasteiger partial charge is 0.237 e. The zero-order valence-corrected chi connectivity index (χ0v) is 26.5. The minimum Gasteiger partial charge on any atom is -0.507 e. The first kappa shape index (κ1) is 34.4. The second-order valence-corrected chi connectivity index (χ2v) is 12.5. The third-order valence-electron chi connectivity index (χ3n) is 9.65. The molecular weight excluding hydrogens is 616 g/mol. The Morgan fingerprint density at radius 1 is 1.15 bits per heavy atom. The number of aromatic hydroxyl groups is 2. The summed E-state index contributed by atoms with van der Waals surface area (Å²) in [6, 6.07) is 2.60. The van der Waals surface area contributed by atoms with Crippen molar-refractivity contribution < 1.29 is 58.9 Å². The van der Waals surface area contributed by atoms with E-state index in [0.29, 0.717) is 6.42 Å². The van der Waals surface area contributed by atoms with Crippen LogP contribution in [0.25, 0.3) is 0 Å². The van der Waals surface area contributed by atoms with E-state index in [4.69, 9.17) is 19.9 Å². The fourth-order valence-electron chi connectivity index (χ4n) is 6.65. The zero-order chi connectivity index (χ0) is 34.5. The Morgan fingerprint density at radius 2 is 1.83 bits per heavy atom. The molecule has 8 atom stereocenters. The fourth-order valence-corrected chi connectivity index (χ4v) is 6.65. The molecule has 254 valence electrons. The SMILES string of the molecule is CC[C@H](C)[C@H](N)C(=O)NC1CC(O[C@H]2C[C@](O)(C(=O)CO)Cc3c(O)c4c(c(O)c32)C(=O)c2c(OC)cccc2C4=O)OC(C)C1O. The molecule has 2 aromatic carbocycles. The standard InChI is InChI=1S/C33H40N2O12/c1-5-13(2)26(34)32(43)35-17-9-21(46-14(3)27(17)38)47-19-11-33(44,20(37)12-36)10-16-23(19)31(42)25-24(29(16)40)28(39)15-7-6-8-18(45-4)22(15)30(25)41/h6-8,13-14,17,19,21,26-27,36,38,40,42,44H,5,9-12,34H2,1-4H3,(H,35,43)/t13-,14?,17?,19-,21?,26-,27?,33-/m0/s1. The predicted molar refractivity (Wildman–Crippen MR) is 163 cm³/mol. The first-order chi connectivity index (χ1) is 22.2. The first-order valence-electron chi connectivity index (χ1n) is 15.5. The van der Waals surface area contributed by atoms with Crippen LogP contribution in [0.3, 0.4) is 0 Å². The van der Waals surface area contributed by atoms with Crippen LogP contribution >= 0.6 is 0 Å². The quantitative estimate of drug-likeness (QED) is 0.156. The van der Waals surface area contributed by atoms with Crippen molar-refractivity contribution in [2.24, 2.45) is 11.7 Å². The van der Waals surface area contributed by atoms with Gasteiger partial charge >= 0.3 is 0 Å². The number of aliphatic hydroxyl groups is 3. The van der Waals surface area contributed by atoms with E-state index in [9.17, 15) is 44.7 Å². The van der Waals surface area contributed by atoms with E-state index >= 15 is 0 Å². The Bertz CT molecular complexity index is 1630. The van der Waals surface area contributed by atoms with Crippen LogP contribution in [-0.2, 0) is 25.5 Å². The maximum Gasteiger partial charge on any atom is 0.237 e. The van der Waals surface area contributed by atoms with Gasteiger partial charge in [-0.1, -0.05) is 32.4 Å². The molecule has 4 unspecified atom stereocenters. The number of carbonyl (C=O) groups is 4. The molecule has 14 heteroatoms. The van der Waals surface area contributed by atoms with Gasteiger partial charge in [-0.2, -0.15) is 0 Å². The lowest BCUT2D eigenvalue weighted by Gasteiger charge is -2.43. The van der Waals surface area contributed by atoms with E-state index in [-0.39, 0.29) is 40.3 Å². The Hall–Kier alpha value is -3.92. The number of Topliss-reactive ketones (excluding diaryl/α,β-unsaturated/α-hetero) is 1. The Kier molecular flexibility index (Phi) is 9.48. The number of hydrogen-bond acceptors (Lipinski definition) is 13. The molecule has 0 spiro atoms. The van der Waals surface area contributed by atoms with E-state index in [1.54, 1.807) is 6.92 Å². The van der Waals surface area contributed by atoms with Gasteiger partial charge in [-0.3, -0.25) is 19.2 Å². The highest BCUT2D eigenvalue weighted by atomic mass is 16.7. The molecule has 1 heterocycles. The number of carbonyl (C=O) groups excluding carboxylic acids is 4. The number of fused-ring (bicyclic) bond motifs is 3. The highest BCUT2D eigenvalue weighted by Gasteiger charge is 2.50. The topological polar surface area (TPSA) is 235 Å². The minimum absolute atomic E-state index is 0.0723. The van der Waals surface area contributed by atoms with E-state index in [0.717, 1.165) is 0 Å². The molecule has 0 radical (unpaired) electrons. The number of rotatable bonds is 9. The number of ketones is 3. The summed E-state index contributed by atoms with van der Waals surface area (Å²) in [7, 11) is 1.31. The summed E-state index contributed by atoms with van der Waals surface area (Å²) < 4.78 is 17.4. The van der Waals surface area contributed by atoms with Crippen LogP contribution in [0.5, 0.6) is 17.2 Å². The van der Waals surface area contributed by atoms with Gasteiger partial charge in [-0.05, 0) is 18.9 Å². The second kappa shape index (κ2) is 12.9. The van der Waals surface area contributed by atoms with E-state index in [1.807, 2.05) is 13.8 Å². The predicted octanol–water partition coefficient (Wildman–Crippen LogP) is 0.532. The molecule has 8 N–H and O–H groups in total. The molecule has 47 heavy (non-hydrogen) atoms. The summed E-state index contributed by atoms with van der Waals surface area (Å²) in [6.07, 6.45) is -5.32. The number of benzene rings is 2. The van der Waals surface area contributed by atoms with Gasteiger partial charge in [0.25, 0.3) is 0 Å². The van der Waals surface area contributed by atoms with E-state index < -0.39 is 108 Å². The van der Waals surface area contributed by atoms with Crippen molar-refractivity contribution >= 4 is 23.3 Å². The number of phenolic OH excluding ortho intramolecular Hbond substituents is 2. The lowest BCUT2D eigenvalue weighted by atomic mass is 9.72.